The van der Waals surface area contributed by atoms with Crippen LogP contribution in [0.25, 0.3) is 0 Å². The normalized spacial score (nSPS) is 32.2. The molecule has 0 radical (unpaired) electrons. The molecule has 2 heterocycles. The second-order valence-corrected chi connectivity index (χ2v) is 8.45. The number of allylic oxidation sites excluding steroid dienone is 2. The standard InChI is InChI=1S/C21H22N4O5/c26-19-15(3-1-2-8-22-19)23-14-7-6-13(10-16(14)25(29)30)24-20(27)17-11-4-5-12(9-11)18(17)21(24)28/h4-7,10-12,15,17-18,23H,1-3,8-9H2,(H,22,26)/t11-,12-,15+,17-,18-/m0/s1. The highest BCUT2D eigenvalue weighted by atomic mass is 16.6. The number of carbonyl (C=O) groups is 3. The van der Waals surface area contributed by atoms with E-state index in [0.717, 1.165) is 24.2 Å². The predicted molar refractivity (Wildman–Crippen MR) is 108 cm³/mol. The van der Waals surface area contributed by atoms with E-state index in [2.05, 4.69) is 10.6 Å². The number of amides is 3. The van der Waals surface area contributed by atoms with Gasteiger partial charge in [-0.05, 0) is 49.7 Å². The van der Waals surface area contributed by atoms with E-state index in [9.17, 15) is 24.5 Å². The Bertz CT molecular complexity index is 960. The monoisotopic (exact) mass is 410 g/mol. The quantitative estimate of drug-likeness (QED) is 0.339. The molecule has 1 saturated carbocycles. The summed E-state index contributed by atoms with van der Waals surface area (Å²) in [5.74, 6) is -1.32. The number of rotatable bonds is 4. The topological polar surface area (TPSA) is 122 Å². The smallest absolute Gasteiger partial charge is 0.294 e. The Labute approximate surface area is 172 Å². The van der Waals surface area contributed by atoms with Crippen LogP contribution in [0.1, 0.15) is 25.7 Å². The lowest BCUT2D eigenvalue weighted by Gasteiger charge is -2.20. The van der Waals surface area contributed by atoms with Crippen molar-refractivity contribution in [2.24, 2.45) is 23.7 Å². The molecule has 30 heavy (non-hydrogen) atoms. The highest BCUT2D eigenvalue weighted by Gasteiger charge is 2.59. The Morgan fingerprint density at radius 2 is 1.77 bits per heavy atom. The maximum Gasteiger partial charge on any atom is 0.294 e. The first-order valence-corrected chi connectivity index (χ1v) is 10.3. The zero-order valence-electron chi connectivity index (χ0n) is 16.2. The summed E-state index contributed by atoms with van der Waals surface area (Å²) in [6.07, 6.45) is 7.11. The van der Waals surface area contributed by atoms with Crippen LogP contribution >= 0.6 is 0 Å². The first-order chi connectivity index (χ1) is 14.5. The maximum atomic E-state index is 13.0. The van der Waals surface area contributed by atoms with E-state index in [1.54, 1.807) is 0 Å². The Morgan fingerprint density at radius 1 is 1.07 bits per heavy atom. The Kier molecular flexibility index (Phi) is 4.34. The lowest BCUT2D eigenvalue weighted by molar-refractivity contribution is -0.383. The molecule has 5 rings (SSSR count). The summed E-state index contributed by atoms with van der Waals surface area (Å²) in [7, 11) is 0. The van der Waals surface area contributed by atoms with Crippen LogP contribution in [0.4, 0.5) is 17.1 Å². The molecule has 1 aromatic carbocycles. The molecule has 0 unspecified atom stereocenters. The molecule has 4 aliphatic rings. The van der Waals surface area contributed by atoms with E-state index < -0.39 is 11.0 Å². The lowest BCUT2D eigenvalue weighted by atomic mass is 9.85. The summed E-state index contributed by atoms with van der Waals surface area (Å²) in [5, 5.41) is 17.5. The van der Waals surface area contributed by atoms with Crippen LogP contribution in [0.3, 0.4) is 0 Å². The van der Waals surface area contributed by atoms with Gasteiger partial charge < -0.3 is 10.6 Å². The average molecular weight is 410 g/mol. The van der Waals surface area contributed by atoms with Crippen LogP contribution in [-0.2, 0) is 14.4 Å². The number of anilines is 2. The fourth-order valence-electron chi connectivity index (χ4n) is 5.35. The summed E-state index contributed by atoms with van der Waals surface area (Å²) in [6.45, 7) is 0.594. The van der Waals surface area contributed by atoms with Crippen LogP contribution in [0.5, 0.6) is 0 Å². The zero-order valence-corrected chi connectivity index (χ0v) is 16.2. The van der Waals surface area contributed by atoms with E-state index in [1.165, 1.54) is 18.2 Å². The van der Waals surface area contributed by atoms with Crippen molar-refractivity contribution in [2.75, 3.05) is 16.8 Å². The van der Waals surface area contributed by atoms with E-state index in [-0.39, 0.29) is 58.5 Å². The van der Waals surface area contributed by atoms with Gasteiger partial charge in [-0.2, -0.15) is 0 Å². The molecule has 2 saturated heterocycles. The fourth-order valence-corrected chi connectivity index (χ4v) is 5.35. The van der Waals surface area contributed by atoms with Crippen LogP contribution in [0.2, 0.25) is 0 Å². The molecule has 3 fully saturated rings. The van der Waals surface area contributed by atoms with Gasteiger partial charge in [-0.15, -0.1) is 0 Å². The summed E-state index contributed by atoms with van der Waals surface area (Å²) < 4.78 is 0. The minimum Gasteiger partial charge on any atom is -0.368 e. The first-order valence-electron chi connectivity index (χ1n) is 10.3. The molecular weight excluding hydrogens is 388 g/mol. The van der Waals surface area contributed by atoms with Crippen molar-refractivity contribution in [3.8, 4) is 0 Å². The molecule has 156 valence electrons. The van der Waals surface area contributed by atoms with Gasteiger partial charge in [-0.25, -0.2) is 4.90 Å². The highest BCUT2D eigenvalue weighted by Crippen LogP contribution is 2.53. The van der Waals surface area contributed by atoms with Crippen molar-refractivity contribution in [3.05, 3.63) is 40.5 Å². The van der Waals surface area contributed by atoms with Crippen LogP contribution in [-0.4, -0.2) is 35.2 Å². The molecule has 0 aromatic heterocycles. The maximum absolute atomic E-state index is 13.0. The molecule has 2 N–H and O–H groups in total. The molecular formula is C21H22N4O5. The van der Waals surface area contributed by atoms with Crippen molar-refractivity contribution in [3.63, 3.8) is 0 Å². The largest absolute Gasteiger partial charge is 0.368 e. The molecule has 2 aliphatic heterocycles. The zero-order chi connectivity index (χ0) is 21.0. The second kappa shape index (κ2) is 6.93. The lowest BCUT2D eigenvalue weighted by Crippen LogP contribution is -2.38. The predicted octanol–water partition coefficient (Wildman–Crippen LogP) is 1.99. The van der Waals surface area contributed by atoms with Crippen molar-refractivity contribution in [2.45, 2.75) is 31.7 Å². The fraction of sp³-hybridized carbons (Fsp3) is 0.476. The molecule has 3 amide bonds. The Balaban J connectivity index is 1.44. The van der Waals surface area contributed by atoms with Crippen LogP contribution in [0.15, 0.2) is 30.4 Å². The Hall–Kier alpha value is -3.23. The number of nitrogens with one attached hydrogen (secondary N) is 2. The third-order valence-electron chi connectivity index (χ3n) is 6.77. The SMILES string of the molecule is O=C1NCCCC[C@H]1Nc1ccc(N2C(=O)[C@@H]3[C@@H](C2=O)[C@H]2C=C[C@H]3C2)cc1[N+](=O)[O-]. The molecule has 2 bridgehead atoms. The van der Waals surface area contributed by atoms with Gasteiger partial charge in [-0.1, -0.05) is 12.2 Å². The number of benzene rings is 1. The van der Waals surface area contributed by atoms with Gasteiger partial charge >= 0.3 is 0 Å². The van der Waals surface area contributed by atoms with E-state index in [1.807, 2.05) is 12.2 Å². The molecule has 0 spiro atoms. The Morgan fingerprint density at radius 3 is 2.43 bits per heavy atom. The molecule has 1 aromatic rings. The van der Waals surface area contributed by atoms with Gasteiger partial charge in [0.05, 0.1) is 22.4 Å². The van der Waals surface area contributed by atoms with Gasteiger partial charge in [-0.3, -0.25) is 24.5 Å². The van der Waals surface area contributed by atoms with E-state index >= 15 is 0 Å². The minimum absolute atomic E-state index is 0.0751. The molecule has 9 nitrogen and oxygen atoms in total. The molecule has 9 heteroatoms. The number of nitro benzene ring substituents is 1. The van der Waals surface area contributed by atoms with Crippen molar-refractivity contribution < 1.29 is 19.3 Å². The van der Waals surface area contributed by atoms with Crippen LogP contribution in [0, 0.1) is 33.8 Å². The number of imide groups is 1. The number of carbonyl (C=O) groups excluding carboxylic acids is 3. The van der Waals surface area contributed by atoms with Gasteiger partial charge in [0, 0.05) is 12.6 Å². The summed E-state index contributed by atoms with van der Waals surface area (Å²) in [5.41, 5.74) is 0.150. The third-order valence-corrected chi connectivity index (χ3v) is 6.77. The minimum atomic E-state index is -0.562. The first kappa shape index (κ1) is 18.8. The average Bonchev–Trinajstić information content (AvgIpc) is 3.36. The number of hydrogen-bond donors (Lipinski definition) is 2. The van der Waals surface area contributed by atoms with E-state index in [4.69, 9.17) is 0 Å². The van der Waals surface area contributed by atoms with Crippen molar-refractivity contribution in [1.82, 2.24) is 5.32 Å². The van der Waals surface area contributed by atoms with E-state index in [0.29, 0.717) is 13.0 Å². The van der Waals surface area contributed by atoms with Gasteiger partial charge in [0.15, 0.2) is 0 Å². The second-order valence-electron chi connectivity index (χ2n) is 8.45. The number of hydrogen-bond acceptors (Lipinski definition) is 6. The number of nitro groups is 1. The van der Waals surface area contributed by atoms with Gasteiger partial charge in [0.2, 0.25) is 17.7 Å². The highest BCUT2D eigenvalue weighted by molar-refractivity contribution is 6.23. The third kappa shape index (κ3) is 2.79. The molecule has 5 atom stereocenters. The summed E-state index contributed by atoms with van der Waals surface area (Å²) in [6, 6.07) is 3.71. The van der Waals surface area contributed by atoms with Gasteiger partial charge in [0.25, 0.3) is 5.69 Å². The number of nitrogens with zero attached hydrogens (tertiary/aromatic N) is 2. The van der Waals surface area contributed by atoms with Crippen LogP contribution < -0.4 is 15.5 Å². The summed E-state index contributed by atoms with van der Waals surface area (Å²) in [4.78, 5) is 50.4. The van der Waals surface area contributed by atoms with Crippen molar-refractivity contribution >= 4 is 34.8 Å². The summed E-state index contributed by atoms with van der Waals surface area (Å²) >= 11 is 0. The number of fused-ring (bicyclic) bond motifs is 5. The van der Waals surface area contributed by atoms with Crippen molar-refractivity contribution in [1.29, 1.82) is 0 Å². The molecule has 2 aliphatic carbocycles. The van der Waals surface area contributed by atoms with Gasteiger partial charge in [0.1, 0.15) is 11.7 Å².